The van der Waals surface area contributed by atoms with Crippen molar-refractivity contribution in [2.75, 3.05) is 6.54 Å². The smallest absolute Gasteiger partial charge is 0.410 e. The van der Waals surface area contributed by atoms with Gasteiger partial charge in [-0.1, -0.05) is 30.3 Å². The van der Waals surface area contributed by atoms with Crippen molar-refractivity contribution < 1.29 is 9.53 Å². The van der Waals surface area contributed by atoms with Crippen LogP contribution in [-0.4, -0.2) is 32.3 Å². The minimum absolute atomic E-state index is 0.199. The van der Waals surface area contributed by atoms with E-state index >= 15 is 0 Å². The van der Waals surface area contributed by atoms with Gasteiger partial charge in [-0.05, 0) is 40.2 Å². The van der Waals surface area contributed by atoms with Crippen LogP contribution in [0.4, 0.5) is 4.79 Å². The van der Waals surface area contributed by atoms with Crippen molar-refractivity contribution in [3.63, 3.8) is 0 Å². The Morgan fingerprint density at radius 2 is 1.79 bits per heavy atom. The fourth-order valence-corrected chi connectivity index (χ4v) is 3.83. The highest BCUT2D eigenvalue weighted by atomic mass is 16.6. The van der Waals surface area contributed by atoms with Crippen LogP contribution in [0, 0.1) is 0 Å². The highest BCUT2D eigenvalue weighted by molar-refractivity contribution is 5.69. The Morgan fingerprint density at radius 1 is 1.14 bits per heavy atom. The number of carbonyl (C=O) groups excluding carboxylic acids is 1. The summed E-state index contributed by atoms with van der Waals surface area (Å²) in [6.07, 6.45) is 0.00237. The molecule has 1 atom stereocenters. The normalized spacial score (nSPS) is 16.4. The van der Waals surface area contributed by atoms with Gasteiger partial charge in [-0.15, -0.1) is 0 Å². The third kappa shape index (κ3) is 4.13. The largest absolute Gasteiger partial charge is 0.444 e. The van der Waals surface area contributed by atoms with Crippen LogP contribution in [0.1, 0.15) is 57.5 Å². The SMILES string of the molecule is CCn1c2c(c(=O)n(Cc3ccccc3)c1=O)C(C)N(C(=O)OC(C)(C)C)CC2. The maximum atomic E-state index is 13.3. The molecule has 0 N–H and O–H groups in total. The van der Waals surface area contributed by atoms with Gasteiger partial charge in [-0.25, -0.2) is 9.59 Å². The molecule has 1 amide bonds. The Kier molecular flexibility index (Phi) is 5.68. The van der Waals surface area contributed by atoms with Gasteiger partial charge in [0.1, 0.15) is 5.60 Å². The number of ether oxygens (including phenoxy) is 1. The minimum Gasteiger partial charge on any atom is -0.444 e. The maximum Gasteiger partial charge on any atom is 0.410 e. The standard InChI is InChI=1S/C22H29N3O4/c1-6-23-17-12-13-24(21(28)29-22(3,4)5)15(2)18(17)19(26)25(20(23)27)14-16-10-8-7-9-11-16/h7-11,15H,6,12-14H2,1-5H3. The number of carbonyl (C=O) groups is 1. The Balaban J connectivity index is 2.08. The van der Waals surface area contributed by atoms with Crippen LogP contribution >= 0.6 is 0 Å². The Hall–Kier alpha value is -2.83. The minimum atomic E-state index is -0.618. The van der Waals surface area contributed by atoms with Gasteiger partial charge in [0, 0.05) is 25.2 Å². The summed E-state index contributed by atoms with van der Waals surface area (Å²) in [7, 11) is 0. The number of amides is 1. The molecule has 0 fully saturated rings. The lowest BCUT2D eigenvalue weighted by atomic mass is 9.99. The third-order valence-corrected chi connectivity index (χ3v) is 5.18. The van der Waals surface area contributed by atoms with E-state index < -0.39 is 17.7 Å². The van der Waals surface area contributed by atoms with Crippen molar-refractivity contribution in [3.05, 3.63) is 68.0 Å². The summed E-state index contributed by atoms with van der Waals surface area (Å²) in [5, 5.41) is 0. The van der Waals surface area contributed by atoms with Gasteiger partial charge in [-0.3, -0.25) is 13.9 Å². The molecule has 7 nitrogen and oxygen atoms in total. The molecule has 1 unspecified atom stereocenters. The van der Waals surface area contributed by atoms with Crippen LogP contribution in [0.25, 0.3) is 0 Å². The molecule has 29 heavy (non-hydrogen) atoms. The molecule has 1 aliphatic heterocycles. The molecule has 0 radical (unpaired) electrons. The fraction of sp³-hybridized carbons (Fsp3) is 0.500. The van der Waals surface area contributed by atoms with Crippen LogP contribution in [0.15, 0.2) is 39.9 Å². The van der Waals surface area contributed by atoms with Crippen molar-refractivity contribution in [1.82, 2.24) is 14.0 Å². The average Bonchev–Trinajstić information content (AvgIpc) is 2.65. The molecule has 1 aliphatic rings. The molecular formula is C22H29N3O4. The van der Waals surface area contributed by atoms with Crippen molar-refractivity contribution >= 4 is 6.09 Å². The number of rotatable bonds is 3. The lowest BCUT2D eigenvalue weighted by molar-refractivity contribution is 0.0153. The van der Waals surface area contributed by atoms with Gasteiger partial charge in [0.05, 0.1) is 18.2 Å². The zero-order valence-corrected chi connectivity index (χ0v) is 17.8. The zero-order chi connectivity index (χ0) is 21.3. The van der Waals surface area contributed by atoms with Gasteiger partial charge in [0.25, 0.3) is 5.56 Å². The van der Waals surface area contributed by atoms with Crippen LogP contribution in [0.3, 0.4) is 0 Å². The molecular weight excluding hydrogens is 370 g/mol. The Labute approximate surface area is 170 Å². The first-order chi connectivity index (χ1) is 13.6. The second-order valence-corrected chi connectivity index (χ2v) is 8.36. The van der Waals surface area contributed by atoms with Gasteiger partial charge < -0.3 is 9.64 Å². The summed E-state index contributed by atoms with van der Waals surface area (Å²) in [6, 6.07) is 8.95. The summed E-state index contributed by atoms with van der Waals surface area (Å²) in [5.41, 5.74) is 0.838. The van der Waals surface area contributed by atoms with E-state index in [4.69, 9.17) is 4.74 Å². The van der Waals surface area contributed by atoms with Gasteiger partial charge in [0.15, 0.2) is 0 Å². The summed E-state index contributed by atoms with van der Waals surface area (Å²) in [5.74, 6) is 0. The molecule has 1 aromatic carbocycles. The highest BCUT2D eigenvalue weighted by Gasteiger charge is 2.35. The predicted octanol–water partition coefficient (Wildman–Crippen LogP) is 2.93. The highest BCUT2D eigenvalue weighted by Crippen LogP contribution is 2.28. The lowest BCUT2D eigenvalue weighted by Crippen LogP contribution is -2.50. The maximum absolute atomic E-state index is 13.3. The molecule has 1 aromatic heterocycles. The molecule has 7 heteroatoms. The number of fused-ring (bicyclic) bond motifs is 1. The first-order valence-electron chi connectivity index (χ1n) is 10.0. The van der Waals surface area contributed by atoms with E-state index in [0.717, 1.165) is 11.3 Å². The number of benzene rings is 1. The molecule has 0 bridgehead atoms. The third-order valence-electron chi connectivity index (χ3n) is 5.18. The average molecular weight is 399 g/mol. The lowest BCUT2D eigenvalue weighted by Gasteiger charge is -2.36. The topological polar surface area (TPSA) is 73.5 Å². The predicted molar refractivity (Wildman–Crippen MR) is 111 cm³/mol. The Morgan fingerprint density at radius 3 is 2.38 bits per heavy atom. The number of hydrogen-bond donors (Lipinski definition) is 0. The molecule has 0 spiro atoms. The summed E-state index contributed by atoms with van der Waals surface area (Å²) >= 11 is 0. The quantitative estimate of drug-likeness (QED) is 0.795. The first kappa shape index (κ1) is 20.9. The monoisotopic (exact) mass is 399 g/mol. The second kappa shape index (κ2) is 7.89. The van der Waals surface area contributed by atoms with E-state index in [-0.39, 0.29) is 17.8 Å². The number of nitrogens with zero attached hydrogens (tertiary/aromatic N) is 3. The van der Waals surface area contributed by atoms with Gasteiger partial charge in [0.2, 0.25) is 0 Å². The van der Waals surface area contributed by atoms with Crippen LogP contribution in [0.5, 0.6) is 0 Å². The summed E-state index contributed by atoms with van der Waals surface area (Å²) < 4.78 is 8.44. The first-order valence-corrected chi connectivity index (χ1v) is 10.0. The summed E-state index contributed by atoms with van der Waals surface area (Å²) in [6.45, 7) is 10.2. The van der Waals surface area contributed by atoms with Crippen LogP contribution in [0.2, 0.25) is 0 Å². The molecule has 0 aliphatic carbocycles. The van der Waals surface area contributed by atoms with E-state index in [0.29, 0.717) is 25.1 Å². The van der Waals surface area contributed by atoms with E-state index in [9.17, 15) is 14.4 Å². The fourth-order valence-electron chi connectivity index (χ4n) is 3.83. The second-order valence-electron chi connectivity index (χ2n) is 8.36. The van der Waals surface area contributed by atoms with Crippen molar-refractivity contribution in [1.29, 1.82) is 0 Å². The van der Waals surface area contributed by atoms with E-state index in [1.165, 1.54) is 4.57 Å². The van der Waals surface area contributed by atoms with E-state index in [1.54, 1.807) is 9.47 Å². The van der Waals surface area contributed by atoms with Crippen molar-refractivity contribution in [2.45, 2.75) is 65.8 Å². The molecule has 156 valence electrons. The van der Waals surface area contributed by atoms with Crippen LogP contribution in [-0.2, 0) is 24.2 Å². The number of aromatic nitrogens is 2. The molecule has 0 saturated heterocycles. The Bertz CT molecular complexity index is 1020. The molecule has 2 aromatic rings. The zero-order valence-electron chi connectivity index (χ0n) is 17.8. The van der Waals surface area contributed by atoms with Gasteiger partial charge >= 0.3 is 11.8 Å². The molecule has 3 rings (SSSR count). The molecule has 2 heterocycles. The molecule has 0 saturated carbocycles. The van der Waals surface area contributed by atoms with Crippen LogP contribution < -0.4 is 11.2 Å². The van der Waals surface area contributed by atoms with E-state index in [1.807, 2.05) is 65.0 Å². The van der Waals surface area contributed by atoms with Crippen molar-refractivity contribution in [2.24, 2.45) is 0 Å². The van der Waals surface area contributed by atoms with Gasteiger partial charge in [-0.2, -0.15) is 0 Å². The van der Waals surface area contributed by atoms with Crippen molar-refractivity contribution in [3.8, 4) is 0 Å². The summed E-state index contributed by atoms with van der Waals surface area (Å²) in [4.78, 5) is 40.6. The van der Waals surface area contributed by atoms with E-state index in [2.05, 4.69) is 0 Å². The number of hydrogen-bond acceptors (Lipinski definition) is 4.